The van der Waals surface area contributed by atoms with E-state index < -0.39 is 0 Å². The Balaban J connectivity index is 1.52. The predicted octanol–water partition coefficient (Wildman–Crippen LogP) is 1.21. The highest BCUT2D eigenvalue weighted by atomic mass is 32.1. The summed E-state index contributed by atoms with van der Waals surface area (Å²) in [4.78, 5) is 12.8. The Hall–Kier alpha value is -1.14. The predicted molar refractivity (Wildman–Crippen MR) is 81.3 cm³/mol. The van der Waals surface area contributed by atoms with Gasteiger partial charge < -0.3 is 15.4 Å². The third-order valence-corrected chi connectivity index (χ3v) is 5.04. The second-order valence-corrected chi connectivity index (χ2v) is 6.44. The SMILES string of the molecule is NC(=NCCc1nc2c(s1)CCCC2)N1CCOCC1. The highest BCUT2D eigenvalue weighted by molar-refractivity contribution is 7.11. The summed E-state index contributed by atoms with van der Waals surface area (Å²) in [5, 5.41) is 1.22. The molecule has 20 heavy (non-hydrogen) atoms. The van der Waals surface area contributed by atoms with E-state index in [0.717, 1.165) is 45.7 Å². The number of rotatable bonds is 3. The molecular formula is C14H22N4OS. The minimum Gasteiger partial charge on any atom is -0.378 e. The minimum atomic E-state index is 0.648. The van der Waals surface area contributed by atoms with Crippen molar-refractivity contribution in [3.8, 4) is 0 Å². The van der Waals surface area contributed by atoms with Crippen LogP contribution in [0.15, 0.2) is 4.99 Å². The van der Waals surface area contributed by atoms with Crippen molar-refractivity contribution in [2.45, 2.75) is 32.1 Å². The number of thiazole rings is 1. The van der Waals surface area contributed by atoms with E-state index in [1.807, 2.05) is 11.3 Å². The summed E-state index contributed by atoms with van der Waals surface area (Å²) in [6.45, 7) is 3.92. The van der Waals surface area contributed by atoms with Crippen LogP contribution in [0.25, 0.3) is 0 Å². The Morgan fingerprint density at radius 1 is 1.30 bits per heavy atom. The third kappa shape index (κ3) is 3.30. The molecule has 1 aromatic heterocycles. The maximum Gasteiger partial charge on any atom is 0.191 e. The molecule has 3 rings (SSSR count). The number of aromatic nitrogens is 1. The maximum atomic E-state index is 6.01. The number of hydrogen-bond donors (Lipinski definition) is 1. The number of fused-ring (bicyclic) bond motifs is 1. The van der Waals surface area contributed by atoms with E-state index in [1.54, 1.807) is 0 Å². The lowest BCUT2D eigenvalue weighted by Crippen LogP contribution is -2.44. The van der Waals surface area contributed by atoms with E-state index in [1.165, 1.54) is 34.8 Å². The molecule has 1 fully saturated rings. The summed E-state index contributed by atoms with van der Waals surface area (Å²) < 4.78 is 5.31. The second-order valence-electron chi connectivity index (χ2n) is 5.27. The fraction of sp³-hybridized carbons (Fsp3) is 0.714. The van der Waals surface area contributed by atoms with Crippen LogP contribution in [0, 0.1) is 0 Å². The number of nitrogens with two attached hydrogens (primary N) is 1. The lowest BCUT2D eigenvalue weighted by atomic mass is 10.0. The number of aliphatic imine (C=N–C) groups is 1. The standard InChI is InChI=1S/C14H22N4OS/c15-14(18-7-9-19-10-8-18)16-6-5-13-17-11-3-1-2-4-12(11)20-13/h1-10H2,(H2,15,16). The monoisotopic (exact) mass is 294 g/mol. The summed E-state index contributed by atoms with van der Waals surface area (Å²) in [6, 6.07) is 0. The van der Waals surface area contributed by atoms with E-state index in [-0.39, 0.29) is 0 Å². The first-order valence-corrected chi connectivity index (χ1v) is 8.24. The Labute approximate surface area is 123 Å². The summed E-state index contributed by atoms with van der Waals surface area (Å²) in [5.41, 5.74) is 7.35. The van der Waals surface area contributed by atoms with Gasteiger partial charge in [-0.05, 0) is 25.7 Å². The zero-order chi connectivity index (χ0) is 13.8. The van der Waals surface area contributed by atoms with Crippen LogP contribution < -0.4 is 5.73 Å². The number of ether oxygens (including phenoxy) is 1. The molecule has 5 nitrogen and oxygen atoms in total. The molecule has 0 unspecified atom stereocenters. The van der Waals surface area contributed by atoms with Gasteiger partial charge in [-0.3, -0.25) is 4.99 Å². The van der Waals surface area contributed by atoms with Gasteiger partial charge in [0, 0.05) is 30.9 Å². The molecule has 0 spiro atoms. The summed E-state index contributed by atoms with van der Waals surface area (Å²) in [6.07, 6.45) is 5.88. The van der Waals surface area contributed by atoms with Crippen LogP contribution in [0.4, 0.5) is 0 Å². The Kier molecular flexibility index (Phi) is 4.52. The van der Waals surface area contributed by atoms with Crippen LogP contribution in [0.5, 0.6) is 0 Å². The van der Waals surface area contributed by atoms with Gasteiger partial charge in [0.1, 0.15) is 0 Å². The van der Waals surface area contributed by atoms with Crippen LogP contribution >= 0.6 is 11.3 Å². The largest absolute Gasteiger partial charge is 0.378 e. The molecule has 1 saturated heterocycles. The zero-order valence-corrected chi connectivity index (χ0v) is 12.6. The first-order valence-electron chi connectivity index (χ1n) is 7.43. The molecule has 6 heteroatoms. The summed E-state index contributed by atoms with van der Waals surface area (Å²) in [5.74, 6) is 0.648. The lowest BCUT2D eigenvalue weighted by Gasteiger charge is -2.27. The lowest BCUT2D eigenvalue weighted by molar-refractivity contribution is 0.0674. The van der Waals surface area contributed by atoms with E-state index >= 15 is 0 Å². The van der Waals surface area contributed by atoms with Crippen molar-refractivity contribution in [3.63, 3.8) is 0 Å². The van der Waals surface area contributed by atoms with Gasteiger partial charge in [-0.25, -0.2) is 4.98 Å². The fourth-order valence-corrected chi connectivity index (χ4v) is 3.82. The van der Waals surface area contributed by atoms with E-state index in [0.29, 0.717) is 5.96 Å². The molecule has 0 atom stereocenters. The topological polar surface area (TPSA) is 63.7 Å². The molecule has 0 bridgehead atoms. The molecule has 2 aliphatic rings. The van der Waals surface area contributed by atoms with E-state index in [2.05, 4.69) is 9.89 Å². The first kappa shape index (κ1) is 13.8. The minimum absolute atomic E-state index is 0.648. The molecule has 0 radical (unpaired) electrons. The zero-order valence-electron chi connectivity index (χ0n) is 11.8. The van der Waals surface area contributed by atoms with Gasteiger partial charge in [-0.15, -0.1) is 11.3 Å². The summed E-state index contributed by atoms with van der Waals surface area (Å²) >= 11 is 1.87. The van der Waals surface area contributed by atoms with Gasteiger partial charge in [0.25, 0.3) is 0 Å². The molecule has 1 aliphatic heterocycles. The highest BCUT2D eigenvalue weighted by Gasteiger charge is 2.15. The normalized spacial score (nSPS) is 20.0. The maximum absolute atomic E-state index is 6.01. The van der Waals surface area contributed by atoms with Crippen molar-refractivity contribution in [2.75, 3.05) is 32.8 Å². The Morgan fingerprint density at radius 3 is 2.90 bits per heavy atom. The van der Waals surface area contributed by atoms with Gasteiger partial charge in [0.15, 0.2) is 5.96 Å². The average molecular weight is 294 g/mol. The van der Waals surface area contributed by atoms with Gasteiger partial charge in [0.05, 0.1) is 23.9 Å². The molecule has 2 heterocycles. The van der Waals surface area contributed by atoms with E-state index in [9.17, 15) is 0 Å². The van der Waals surface area contributed by atoms with E-state index in [4.69, 9.17) is 15.5 Å². The van der Waals surface area contributed by atoms with Crippen LogP contribution in [0.2, 0.25) is 0 Å². The molecule has 1 aliphatic carbocycles. The van der Waals surface area contributed by atoms with Crippen molar-refractivity contribution in [3.05, 3.63) is 15.6 Å². The van der Waals surface area contributed by atoms with Gasteiger partial charge in [-0.2, -0.15) is 0 Å². The smallest absolute Gasteiger partial charge is 0.191 e. The molecule has 0 aromatic carbocycles. The van der Waals surface area contributed by atoms with Crippen LogP contribution in [-0.4, -0.2) is 48.7 Å². The average Bonchev–Trinajstić information content (AvgIpc) is 2.90. The molecule has 0 saturated carbocycles. The molecular weight excluding hydrogens is 272 g/mol. The van der Waals surface area contributed by atoms with Gasteiger partial charge >= 0.3 is 0 Å². The summed E-state index contributed by atoms with van der Waals surface area (Å²) in [7, 11) is 0. The number of nitrogens with zero attached hydrogens (tertiary/aromatic N) is 3. The van der Waals surface area contributed by atoms with Crippen molar-refractivity contribution >= 4 is 17.3 Å². The quantitative estimate of drug-likeness (QED) is 0.672. The Bertz CT molecular complexity index is 456. The molecule has 110 valence electrons. The van der Waals surface area contributed by atoms with Crippen molar-refractivity contribution in [2.24, 2.45) is 10.7 Å². The second kappa shape index (κ2) is 6.54. The van der Waals surface area contributed by atoms with Gasteiger partial charge in [-0.1, -0.05) is 0 Å². The highest BCUT2D eigenvalue weighted by Crippen LogP contribution is 2.26. The molecule has 2 N–H and O–H groups in total. The first-order chi connectivity index (χ1) is 9.83. The van der Waals surface area contributed by atoms with Crippen LogP contribution in [-0.2, 0) is 24.0 Å². The van der Waals surface area contributed by atoms with Crippen molar-refractivity contribution in [1.29, 1.82) is 0 Å². The number of morpholine rings is 1. The number of guanidine groups is 1. The molecule has 1 aromatic rings. The van der Waals surface area contributed by atoms with Crippen LogP contribution in [0.3, 0.4) is 0 Å². The Morgan fingerprint density at radius 2 is 2.10 bits per heavy atom. The van der Waals surface area contributed by atoms with Crippen molar-refractivity contribution < 1.29 is 4.74 Å². The molecule has 0 amide bonds. The third-order valence-electron chi connectivity index (χ3n) is 3.82. The number of aryl methyl sites for hydroxylation is 2. The van der Waals surface area contributed by atoms with Gasteiger partial charge in [0.2, 0.25) is 0 Å². The van der Waals surface area contributed by atoms with Crippen LogP contribution in [0.1, 0.15) is 28.4 Å². The number of hydrogen-bond acceptors (Lipinski definition) is 4. The van der Waals surface area contributed by atoms with Crippen molar-refractivity contribution in [1.82, 2.24) is 9.88 Å². The fourth-order valence-electron chi connectivity index (χ4n) is 2.67.